The van der Waals surface area contributed by atoms with Gasteiger partial charge in [-0.1, -0.05) is 30.3 Å². The predicted octanol–water partition coefficient (Wildman–Crippen LogP) is 2.89. The molecule has 2 aromatic heterocycles. The lowest BCUT2D eigenvalue weighted by Crippen LogP contribution is -2.33. The van der Waals surface area contributed by atoms with E-state index in [9.17, 15) is 14.4 Å². The molecule has 2 heterocycles. The second kappa shape index (κ2) is 9.47. The summed E-state index contributed by atoms with van der Waals surface area (Å²) >= 11 is 1.47. The van der Waals surface area contributed by atoms with Crippen molar-refractivity contribution in [3.05, 3.63) is 51.9 Å². The number of benzene rings is 1. The van der Waals surface area contributed by atoms with Crippen LogP contribution in [0.25, 0.3) is 21.3 Å². The lowest BCUT2D eigenvalue weighted by molar-refractivity contribution is -0.143. The fourth-order valence-electron chi connectivity index (χ4n) is 3.11. The number of rotatable bonds is 8. The highest BCUT2D eigenvalue weighted by molar-refractivity contribution is 7.19. The van der Waals surface area contributed by atoms with Gasteiger partial charge in [0.1, 0.15) is 11.4 Å². The lowest BCUT2D eigenvalue weighted by Gasteiger charge is -2.08. The average molecular weight is 413 g/mol. The van der Waals surface area contributed by atoms with Crippen LogP contribution in [0.4, 0.5) is 0 Å². The van der Waals surface area contributed by atoms with Crippen molar-refractivity contribution in [1.82, 2.24) is 14.9 Å². The first-order valence-electron chi connectivity index (χ1n) is 9.47. The van der Waals surface area contributed by atoms with Crippen LogP contribution < -0.4 is 10.9 Å². The van der Waals surface area contributed by atoms with E-state index in [1.165, 1.54) is 22.2 Å². The summed E-state index contributed by atoms with van der Waals surface area (Å²) in [4.78, 5) is 42.6. The van der Waals surface area contributed by atoms with Gasteiger partial charge in [-0.15, -0.1) is 11.3 Å². The van der Waals surface area contributed by atoms with Crippen molar-refractivity contribution >= 4 is 33.4 Å². The molecule has 0 atom stereocenters. The number of hydrogen-bond donors (Lipinski definition) is 1. The molecule has 0 aliphatic heterocycles. The Labute approximate surface area is 172 Å². The van der Waals surface area contributed by atoms with E-state index in [0.717, 1.165) is 16.0 Å². The number of thiophene rings is 1. The van der Waals surface area contributed by atoms with Gasteiger partial charge in [0, 0.05) is 23.4 Å². The summed E-state index contributed by atoms with van der Waals surface area (Å²) in [6, 6.07) is 9.70. The minimum absolute atomic E-state index is 0.121. The van der Waals surface area contributed by atoms with Gasteiger partial charge in [-0.05, 0) is 25.8 Å². The van der Waals surface area contributed by atoms with Crippen molar-refractivity contribution < 1.29 is 14.3 Å². The van der Waals surface area contributed by atoms with Crippen molar-refractivity contribution in [2.75, 3.05) is 13.2 Å². The van der Waals surface area contributed by atoms with E-state index in [1.54, 1.807) is 6.92 Å². The Balaban J connectivity index is 1.74. The highest BCUT2D eigenvalue weighted by Gasteiger charge is 2.17. The summed E-state index contributed by atoms with van der Waals surface area (Å²) in [6.45, 7) is 4.28. The van der Waals surface area contributed by atoms with Crippen LogP contribution in [0.15, 0.2) is 41.5 Å². The number of ether oxygens (including phenoxy) is 1. The Morgan fingerprint density at radius 3 is 2.72 bits per heavy atom. The normalized spacial score (nSPS) is 10.8. The molecule has 29 heavy (non-hydrogen) atoms. The average Bonchev–Trinajstić information content (AvgIpc) is 3.05. The maximum atomic E-state index is 13.1. The van der Waals surface area contributed by atoms with Gasteiger partial charge < -0.3 is 10.1 Å². The van der Waals surface area contributed by atoms with Crippen molar-refractivity contribution in [2.45, 2.75) is 33.2 Å². The van der Waals surface area contributed by atoms with Crippen LogP contribution in [-0.4, -0.2) is 34.6 Å². The number of carbonyl (C=O) groups excluding carboxylic acids is 2. The first kappa shape index (κ1) is 20.7. The van der Waals surface area contributed by atoms with Gasteiger partial charge in [-0.25, -0.2) is 4.98 Å². The smallest absolute Gasteiger partial charge is 0.305 e. The molecule has 8 heteroatoms. The number of aryl methyl sites for hydroxylation is 1. The zero-order valence-corrected chi connectivity index (χ0v) is 17.3. The molecule has 7 nitrogen and oxygen atoms in total. The van der Waals surface area contributed by atoms with E-state index in [4.69, 9.17) is 4.74 Å². The molecule has 0 radical (unpaired) electrons. The summed E-state index contributed by atoms with van der Waals surface area (Å²) in [5, 5.41) is 3.26. The van der Waals surface area contributed by atoms with E-state index in [0.29, 0.717) is 29.8 Å². The number of nitrogens with zero attached hydrogens (tertiary/aromatic N) is 2. The first-order chi connectivity index (χ1) is 14.0. The number of esters is 1. The van der Waals surface area contributed by atoms with Gasteiger partial charge in [0.25, 0.3) is 5.56 Å². The Morgan fingerprint density at radius 2 is 2.00 bits per heavy atom. The van der Waals surface area contributed by atoms with Crippen LogP contribution >= 0.6 is 11.3 Å². The van der Waals surface area contributed by atoms with Gasteiger partial charge in [0.15, 0.2) is 0 Å². The number of aromatic nitrogens is 2. The van der Waals surface area contributed by atoms with Crippen LogP contribution in [0.1, 0.15) is 24.6 Å². The molecule has 0 spiro atoms. The van der Waals surface area contributed by atoms with Crippen molar-refractivity contribution in [2.24, 2.45) is 0 Å². The van der Waals surface area contributed by atoms with E-state index in [2.05, 4.69) is 10.3 Å². The molecule has 0 aliphatic rings. The minimum Gasteiger partial charge on any atom is -0.466 e. The summed E-state index contributed by atoms with van der Waals surface area (Å²) in [5.74, 6) is -0.584. The van der Waals surface area contributed by atoms with Crippen molar-refractivity contribution in [1.29, 1.82) is 0 Å². The highest BCUT2D eigenvalue weighted by Crippen LogP contribution is 2.35. The Kier molecular flexibility index (Phi) is 6.77. The van der Waals surface area contributed by atoms with Crippen molar-refractivity contribution in [3.8, 4) is 11.1 Å². The summed E-state index contributed by atoms with van der Waals surface area (Å²) in [7, 11) is 0. The van der Waals surface area contributed by atoms with E-state index < -0.39 is 0 Å². The second-order valence-electron chi connectivity index (χ2n) is 6.52. The summed E-state index contributed by atoms with van der Waals surface area (Å²) < 4.78 is 6.17. The molecule has 0 bridgehead atoms. The monoisotopic (exact) mass is 413 g/mol. The molecule has 0 aliphatic carbocycles. The summed E-state index contributed by atoms with van der Waals surface area (Å²) in [6.07, 6.45) is 2.14. The SMILES string of the molecule is CCOC(=O)CCCNC(=O)Cn1cnc2sc(C)c(-c3ccccc3)c2c1=O. The van der Waals surface area contributed by atoms with Crippen LogP contribution in [0.5, 0.6) is 0 Å². The van der Waals surface area contributed by atoms with Crippen LogP contribution in [0, 0.1) is 6.92 Å². The quantitative estimate of drug-likeness (QED) is 0.453. The molecular formula is C21H23N3O4S. The van der Waals surface area contributed by atoms with Gasteiger partial charge in [-0.2, -0.15) is 0 Å². The first-order valence-corrected chi connectivity index (χ1v) is 10.3. The molecule has 1 aromatic carbocycles. The zero-order chi connectivity index (χ0) is 20.8. The topological polar surface area (TPSA) is 90.3 Å². The maximum Gasteiger partial charge on any atom is 0.305 e. The third-order valence-corrected chi connectivity index (χ3v) is 5.43. The lowest BCUT2D eigenvalue weighted by atomic mass is 10.0. The molecule has 3 rings (SSSR count). The Morgan fingerprint density at radius 1 is 1.24 bits per heavy atom. The number of carbonyl (C=O) groups is 2. The standard InChI is InChI=1S/C21H23N3O4S/c1-3-28-17(26)10-7-11-22-16(25)12-24-13-23-20-19(21(24)27)18(14(2)29-20)15-8-5-4-6-9-15/h4-6,8-9,13H,3,7,10-12H2,1-2H3,(H,22,25). The number of fused-ring (bicyclic) bond motifs is 1. The second-order valence-corrected chi connectivity index (χ2v) is 7.72. The molecule has 3 aromatic rings. The van der Waals surface area contributed by atoms with Crippen LogP contribution in [-0.2, 0) is 20.9 Å². The van der Waals surface area contributed by atoms with Crippen LogP contribution in [0.2, 0.25) is 0 Å². The molecule has 0 saturated heterocycles. The highest BCUT2D eigenvalue weighted by atomic mass is 32.1. The molecule has 0 fully saturated rings. The molecular weight excluding hydrogens is 390 g/mol. The molecule has 1 amide bonds. The molecule has 0 unspecified atom stereocenters. The third-order valence-electron chi connectivity index (χ3n) is 4.42. The number of nitrogens with one attached hydrogen (secondary N) is 1. The fourth-order valence-corrected chi connectivity index (χ4v) is 4.11. The Hall–Kier alpha value is -3.00. The van der Waals surface area contributed by atoms with Gasteiger partial charge in [-0.3, -0.25) is 19.0 Å². The largest absolute Gasteiger partial charge is 0.466 e. The maximum absolute atomic E-state index is 13.1. The number of amides is 1. The van der Waals surface area contributed by atoms with Crippen LogP contribution in [0.3, 0.4) is 0 Å². The summed E-state index contributed by atoms with van der Waals surface area (Å²) in [5.41, 5.74) is 1.59. The third kappa shape index (κ3) is 4.89. The van der Waals surface area contributed by atoms with Crippen molar-refractivity contribution in [3.63, 3.8) is 0 Å². The van der Waals surface area contributed by atoms with E-state index >= 15 is 0 Å². The minimum atomic E-state index is -0.301. The molecule has 152 valence electrons. The fraction of sp³-hybridized carbons (Fsp3) is 0.333. The molecule has 0 saturated carbocycles. The van der Waals surface area contributed by atoms with Gasteiger partial charge in [0.05, 0.1) is 18.3 Å². The Bertz CT molecular complexity index is 1070. The molecule has 1 N–H and O–H groups in total. The van der Waals surface area contributed by atoms with Gasteiger partial charge >= 0.3 is 5.97 Å². The van der Waals surface area contributed by atoms with Gasteiger partial charge in [0.2, 0.25) is 5.91 Å². The van der Waals surface area contributed by atoms with E-state index in [1.807, 2.05) is 37.3 Å². The predicted molar refractivity (Wildman–Crippen MR) is 113 cm³/mol. The zero-order valence-electron chi connectivity index (χ0n) is 16.4. The van der Waals surface area contributed by atoms with E-state index in [-0.39, 0.29) is 30.4 Å². The number of hydrogen-bond acceptors (Lipinski definition) is 6.